The summed E-state index contributed by atoms with van der Waals surface area (Å²) >= 11 is 0. The molecule has 3 heterocycles. The number of anilines is 2. The minimum Gasteiger partial charge on any atom is -0.306 e. The van der Waals surface area contributed by atoms with E-state index in [1.54, 1.807) is 18.6 Å². The van der Waals surface area contributed by atoms with Crippen LogP contribution in [0.25, 0.3) is 11.0 Å². The number of carbonyl (C=O) groups excluding carboxylic acids is 1. The maximum Gasteiger partial charge on any atom is 0.323 e. The van der Waals surface area contributed by atoms with Gasteiger partial charge in [0.1, 0.15) is 5.52 Å². The standard InChI is InChI=1S/C16H16N6O/c23-16(21-13-10-19-22-9-2-1-6-14(13)22)20-12-5-3-4-11-15(12)18-8-7-17-11/h3-5,7-8,10H,1-2,6,9H2,(H2,20,21,23). The number of fused-ring (bicyclic) bond motifs is 2. The number of carbonyl (C=O) groups is 1. The van der Waals surface area contributed by atoms with Gasteiger partial charge in [-0.3, -0.25) is 14.6 Å². The molecule has 0 saturated carbocycles. The second-order valence-corrected chi connectivity index (χ2v) is 5.49. The molecule has 1 aromatic carbocycles. The van der Waals surface area contributed by atoms with Crippen molar-refractivity contribution in [3.8, 4) is 0 Å². The Balaban J connectivity index is 1.55. The van der Waals surface area contributed by atoms with E-state index in [0.29, 0.717) is 11.2 Å². The highest BCUT2D eigenvalue weighted by atomic mass is 16.2. The molecule has 0 atom stereocenters. The first kappa shape index (κ1) is 13.7. The van der Waals surface area contributed by atoms with Crippen molar-refractivity contribution in [2.75, 3.05) is 10.6 Å². The highest BCUT2D eigenvalue weighted by molar-refractivity contribution is 6.04. The van der Waals surface area contributed by atoms with Gasteiger partial charge in [0.15, 0.2) is 0 Å². The molecular weight excluding hydrogens is 292 g/mol. The van der Waals surface area contributed by atoms with Crippen LogP contribution in [-0.4, -0.2) is 25.8 Å². The van der Waals surface area contributed by atoms with Crippen molar-refractivity contribution in [2.24, 2.45) is 0 Å². The molecule has 4 rings (SSSR count). The predicted octanol–water partition coefficient (Wildman–Crippen LogP) is 2.81. The van der Waals surface area contributed by atoms with Crippen molar-refractivity contribution >= 4 is 28.4 Å². The van der Waals surface area contributed by atoms with Crippen molar-refractivity contribution < 1.29 is 4.79 Å². The summed E-state index contributed by atoms with van der Waals surface area (Å²) in [5.41, 5.74) is 3.90. The number of nitrogens with one attached hydrogen (secondary N) is 2. The Labute approximate surface area is 132 Å². The van der Waals surface area contributed by atoms with E-state index >= 15 is 0 Å². The van der Waals surface area contributed by atoms with Crippen LogP contribution in [0, 0.1) is 0 Å². The molecule has 0 saturated heterocycles. The molecule has 23 heavy (non-hydrogen) atoms. The molecule has 2 aromatic heterocycles. The summed E-state index contributed by atoms with van der Waals surface area (Å²) in [6, 6.07) is 5.21. The van der Waals surface area contributed by atoms with Crippen LogP contribution in [0.2, 0.25) is 0 Å². The van der Waals surface area contributed by atoms with Crippen LogP contribution < -0.4 is 10.6 Å². The maximum absolute atomic E-state index is 12.3. The third-order valence-corrected chi connectivity index (χ3v) is 3.98. The van der Waals surface area contributed by atoms with Crippen LogP contribution >= 0.6 is 0 Å². The highest BCUT2D eigenvalue weighted by Crippen LogP contribution is 2.23. The monoisotopic (exact) mass is 308 g/mol. The number of rotatable bonds is 2. The Morgan fingerprint density at radius 1 is 1.09 bits per heavy atom. The first-order chi connectivity index (χ1) is 11.3. The van der Waals surface area contributed by atoms with Gasteiger partial charge in [-0.1, -0.05) is 6.07 Å². The molecule has 1 aliphatic rings. The first-order valence-electron chi connectivity index (χ1n) is 7.64. The van der Waals surface area contributed by atoms with E-state index in [4.69, 9.17) is 0 Å². The fourth-order valence-electron chi connectivity index (χ4n) is 2.89. The lowest BCUT2D eigenvalue weighted by Crippen LogP contribution is -2.21. The molecule has 1 aliphatic heterocycles. The summed E-state index contributed by atoms with van der Waals surface area (Å²) in [6.07, 6.45) is 8.15. The van der Waals surface area contributed by atoms with Gasteiger partial charge in [-0.2, -0.15) is 5.10 Å². The third kappa shape index (κ3) is 2.61. The van der Waals surface area contributed by atoms with Gasteiger partial charge in [0.05, 0.1) is 28.8 Å². The third-order valence-electron chi connectivity index (χ3n) is 3.98. The van der Waals surface area contributed by atoms with Crippen molar-refractivity contribution in [1.29, 1.82) is 0 Å². The lowest BCUT2D eigenvalue weighted by molar-refractivity contribution is 0.262. The summed E-state index contributed by atoms with van der Waals surface area (Å²) in [4.78, 5) is 20.8. The quantitative estimate of drug-likeness (QED) is 0.762. The van der Waals surface area contributed by atoms with Gasteiger partial charge in [-0.05, 0) is 31.4 Å². The summed E-state index contributed by atoms with van der Waals surface area (Å²) in [7, 11) is 0. The molecule has 3 aromatic rings. The average Bonchev–Trinajstić information content (AvgIpc) is 2.98. The Morgan fingerprint density at radius 3 is 2.91 bits per heavy atom. The smallest absolute Gasteiger partial charge is 0.306 e. The average molecular weight is 308 g/mol. The largest absolute Gasteiger partial charge is 0.323 e. The Hall–Kier alpha value is -2.96. The summed E-state index contributed by atoms with van der Waals surface area (Å²) < 4.78 is 1.96. The fourth-order valence-corrected chi connectivity index (χ4v) is 2.89. The molecule has 0 unspecified atom stereocenters. The van der Waals surface area contributed by atoms with Gasteiger partial charge in [-0.15, -0.1) is 0 Å². The van der Waals surface area contributed by atoms with Gasteiger partial charge < -0.3 is 10.6 Å². The van der Waals surface area contributed by atoms with Crippen molar-refractivity contribution in [3.05, 3.63) is 42.5 Å². The van der Waals surface area contributed by atoms with Gasteiger partial charge in [0, 0.05) is 18.9 Å². The summed E-state index contributed by atoms with van der Waals surface area (Å²) in [5.74, 6) is 0. The predicted molar refractivity (Wildman–Crippen MR) is 87.3 cm³/mol. The number of benzene rings is 1. The first-order valence-corrected chi connectivity index (χ1v) is 7.64. The van der Waals surface area contributed by atoms with Crippen LogP contribution in [0.1, 0.15) is 18.5 Å². The lowest BCUT2D eigenvalue weighted by atomic mass is 10.1. The molecule has 0 radical (unpaired) electrons. The lowest BCUT2D eigenvalue weighted by Gasteiger charge is -2.15. The summed E-state index contributed by atoms with van der Waals surface area (Å²) in [6.45, 7) is 0.914. The normalized spacial score (nSPS) is 13.6. The van der Waals surface area contributed by atoms with Crippen LogP contribution in [0.3, 0.4) is 0 Å². The highest BCUT2D eigenvalue weighted by Gasteiger charge is 2.16. The van der Waals surface area contributed by atoms with Gasteiger partial charge in [-0.25, -0.2) is 4.79 Å². The van der Waals surface area contributed by atoms with Crippen LogP contribution in [0.15, 0.2) is 36.8 Å². The zero-order valence-electron chi connectivity index (χ0n) is 12.5. The van der Waals surface area contributed by atoms with E-state index in [1.165, 1.54) is 0 Å². The van der Waals surface area contributed by atoms with Crippen molar-refractivity contribution in [3.63, 3.8) is 0 Å². The number of aromatic nitrogens is 4. The minimum atomic E-state index is -0.301. The van der Waals surface area contributed by atoms with E-state index in [-0.39, 0.29) is 6.03 Å². The van der Waals surface area contributed by atoms with Crippen LogP contribution in [0.4, 0.5) is 16.2 Å². The molecule has 0 fully saturated rings. The zero-order chi connectivity index (χ0) is 15.6. The zero-order valence-corrected chi connectivity index (χ0v) is 12.5. The maximum atomic E-state index is 12.3. The second-order valence-electron chi connectivity index (χ2n) is 5.49. The molecule has 0 bridgehead atoms. The molecule has 7 heteroatoms. The van der Waals surface area contributed by atoms with E-state index in [0.717, 1.165) is 42.7 Å². The van der Waals surface area contributed by atoms with Gasteiger partial charge in [0.25, 0.3) is 0 Å². The van der Waals surface area contributed by atoms with E-state index in [1.807, 2.05) is 22.9 Å². The SMILES string of the molecule is O=C(Nc1cnn2c1CCCC2)Nc1cccc2nccnc12. The van der Waals surface area contributed by atoms with Crippen molar-refractivity contribution in [1.82, 2.24) is 19.7 Å². The molecule has 0 spiro atoms. The second kappa shape index (κ2) is 5.68. The molecule has 116 valence electrons. The topological polar surface area (TPSA) is 84.7 Å². The number of urea groups is 1. The van der Waals surface area contributed by atoms with Crippen LogP contribution in [-0.2, 0) is 13.0 Å². The number of hydrogen-bond donors (Lipinski definition) is 2. The van der Waals surface area contributed by atoms with Crippen LogP contribution in [0.5, 0.6) is 0 Å². The molecule has 2 amide bonds. The molecular formula is C16H16N6O. The number of nitrogens with zero attached hydrogens (tertiary/aromatic N) is 4. The number of amides is 2. The van der Waals surface area contributed by atoms with E-state index in [9.17, 15) is 4.79 Å². The van der Waals surface area contributed by atoms with E-state index < -0.39 is 0 Å². The Bertz CT molecular complexity index is 867. The molecule has 0 aliphatic carbocycles. The number of hydrogen-bond acceptors (Lipinski definition) is 4. The Morgan fingerprint density at radius 2 is 1.96 bits per heavy atom. The van der Waals surface area contributed by atoms with Crippen molar-refractivity contribution in [2.45, 2.75) is 25.8 Å². The van der Waals surface area contributed by atoms with Gasteiger partial charge >= 0.3 is 6.03 Å². The number of para-hydroxylation sites is 1. The van der Waals surface area contributed by atoms with E-state index in [2.05, 4.69) is 25.7 Å². The molecule has 7 nitrogen and oxygen atoms in total. The van der Waals surface area contributed by atoms with Gasteiger partial charge in [0.2, 0.25) is 0 Å². The minimum absolute atomic E-state index is 0.301. The fraction of sp³-hybridized carbons (Fsp3) is 0.250. The Kier molecular flexibility index (Phi) is 3.38. The summed E-state index contributed by atoms with van der Waals surface area (Å²) in [5, 5.41) is 10.0. The molecule has 2 N–H and O–H groups in total. The number of aryl methyl sites for hydroxylation is 1.